The quantitative estimate of drug-likeness (QED) is 0.852. The third-order valence-electron chi connectivity index (χ3n) is 5.20. The predicted octanol–water partition coefficient (Wildman–Crippen LogP) is 2.54. The highest BCUT2D eigenvalue weighted by Gasteiger charge is 2.36. The normalized spacial score (nSPS) is 23.8. The number of ether oxygens (including phenoxy) is 1. The van der Waals surface area contributed by atoms with Crippen molar-refractivity contribution in [3.05, 3.63) is 11.1 Å². The van der Waals surface area contributed by atoms with Crippen molar-refractivity contribution in [2.75, 3.05) is 50.8 Å². The van der Waals surface area contributed by atoms with Crippen molar-refractivity contribution in [2.24, 2.45) is 0 Å². The molecule has 3 aliphatic heterocycles. The number of nitrogens with one attached hydrogen (secondary N) is 1. The minimum absolute atomic E-state index is 0. The first-order chi connectivity index (χ1) is 10.8. The molecule has 0 aromatic carbocycles. The lowest BCUT2D eigenvalue weighted by atomic mass is 9.90. The lowest BCUT2D eigenvalue weighted by molar-refractivity contribution is -0.100. The monoisotopic (exact) mass is 394 g/mol. The molecule has 0 aliphatic carbocycles. The van der Waals surface area contributed by atoms with Crippen LogP contribution in [0, 0.1) is 0 Å². The first kappa shape index (κ1) is 20.2. The van der Waals surface area contributed by atoms with Gasteiger partial charge in [0.15, 0.2) is 5.13 Å². The van der Waals surface area contributed by atoms with Crippen LogP contribution in [0.2, 0.25) is 0 Å². The topological polar surface area (TPSA) is 40.6 Å². The predicted molar refractivity (Wildman–Crippen MR) is 104 cm³/mol. The molecule has 3 fully saturated rings. The minimum atomic E-state index is 0. The van der Waals surface area contributed by atoms with Crippen molar-refractivity contribution in [1.82, 2.24) is 15.2 Å². The van der Waals surface area contributed by atoms with Crippen molar-refractivity contribution >= 4 is 41.3 Å². The fourth-order valence-electron chi connectivity index (χ4n) is 3.79. The molecule has 5 nitrogen and oxygen atoms in total. The second kappa shape index (κ2) is 9.01. The van der Waals surface area contributed by atoms with Crippen LogP contribution in [0.15, 0.2) is 6.20 Å². The van der Waals surface area contributed by atoms with Gasteiger partial charge in [0.2, 0.25) is 0 Å². The number of anilines is 1. The fraction of sp³-hybridized carbons (Fsp3) is 0.812. The summed E-state index contributed by atoms with van der Waals surface area (Å²) < 4.78 is 6.07. The maximum atomic E-state index is 6.07. The Bertz CT molecular complexity index is 494. The Labute approximate surface area is 161 Å². The number of hydrogen-bond donors (Lipinski definition) is 1. The molecule has 1 N–H and O–H groups in total. The Morgan fingerprint density at radius 3 is 2.58 bits per heavy atom. The summed E-state index contributed by atoms with van der Waals surface area (Å²) in [4.78, 5) is 11.0. The smallest absolute Gasteiger partial charge is 0.185 e. The largest absolute Gasteiger partial charge is 0.372 e. The molecule has 0 amide bonds. The van der Waals surface area contributed by atoms with Gasteiger partial charge < -0.3 is 15.0 Å². The van der Waals surface area contributed by atoms with E-state index in [2.05, 4.69) is 26.3 Å². The van der Waals surface area contributed by atoms with E-state index in [0.717, 1.165) is 52.2 Å². The molecule has 0 atom stereocenters. The molecule has 4 heterocycles. The summed E-state index contributed by atoms with van der Waals surface area (Å²) >= 11 is 1.88. The number of aromatic nitrogens is 1. The molecule has 0 unspecified atom stereocenters. The Morgan fingerprint density at radius 1 is 1.17 bits per heavy atom. The molecule has 3 aliphatic rings. The standard InChI is InChI=1S/C16H26N4OS.2ClH/c1-2-7-20(6-1)15-18-11-14(22-15)12-19-8-3-16(4-9-19)13-17-5-10-21-16;;/h11,17H,1-10,12-13H2;2*1H. The van der Waals surface area contributed by atoms with Gasteiger partial charge in [0.25, 0.3) is 0 Å². The fourth-order valence-corrected chi connectivity index (χ4v) is 4.80. The Kier molecular flexibility index (Phi) is 7.59. The number of hydrogen-bond acceptors (Lipinski definition) is 6. The summed E-state index contributed by atoms with van der Waals surface area (Å²) in [5, 5.41) is 4.71. The van der Waals surface area contributed by atoms with Crippen LogP contribution in [0.3, 0.4) is 0 Å². The maximum absolute atomic E-state index is 6.07. The zero-order chi connectivity index (χ0) is 14.8. The Morgan fingerprint density at radius 2 is 1.92 bits per heavy atom. The van der Waals surface area contributed by atoms with Gasteiger partial charge >= 0.3 is 0 Å². The van der Waals surface area contributed by atoms with Crippen molar-refractivity contribution in [3.63, 3.8) is 0 Å². The zero-order valence-corrected chi connectivity index (χ0v) is 16.5. The lowest BCUT2D eigenvalue weighted by Crippen LogP contribution is -2.55. The summed E-state index contributed by atoms with van der Waals surface area (Å²) in [6, 6.07) is 0. The number of likely N-dealkylation sites (tertiary alicyclic amines) is 1. The molecular formula is C16H28Cl2N4OS. The number of thiazole rings is 1. The van der Waals surface area contributed by atoms with Crippen LogP contribution in [-0.2, 0) is 11.3 Å². The van der Waals surface area contributed by atoms with Crippen LogP contribution in [-0.4, -0.2) is 61.4 Å². The van der Waals surface area contributed by atoms with Crippen LogP contribution in [0.25, 0.3) is 0 Å². The molecule has 1 aromatic rings. The third-order valence-corrected chi connectivity index (χ3v) is 6.24. The molecule has 138 valence electrons. The molecule has 0 radical (unpaired) electrons. The van der Waals surface area contributed by atoms with Gasteiger partial charge in [-0.05, 0) is 25.7 Å². The van der Waals surface area contributed by atoms with Gasteiger partial charge in [-0.3, -0.25) is 4.90 Å². The van der Waals surface area contributed by atoms with Crippen molar-refractivity contribution in [2.45, 2.75) is 37.8 Å². The Hall–Kier alpha value is -0.110. The van der Waals surface area contributed by atoms with Crippen molar-refractivity contribution < 1.29 is 4.74 Å². The number of morpholine rings is 1. The van der Waals surface area contributed by atoms with Crippen LogP contribution < -0.4 is 10.2 Å². The lowest BCUT2D eigenvalue weighted by Gasteiger charge is -2.44. The average Bonchev–Trinajstić information content (AvgIpc) is 3.22. The summed E-state index contributed by atoms with van der Waals surface area (Å²) in [6.45, 7) is 8.60. The van der Waals surface area contributed by atoms with Crippen LogP contribution >= 0.6 is 36.2 Å². The molecule has 4 rings (SSSR count). The highest BCUT2D eigenvalue weighted by Crippen LogP contribution is 2.30. The van der Waals surface area contributed by atoms with E-state index in [-0.39, 0.29) is 30.4 Å². The van der Waals surface area contributed by atoms with E-state index in [4.69, 9.17) is 4.74 Å². The van der Waals surface area contributed by atoms with E-state index >= 15 is 0 Å². The van der Waals surface area contributed by atoms with Gasteiger partial charge in [-0.25, -0.2) is 4.98 Å². The van der Waals surface area contributed by atoms with Crippen molar-refractivity contribution in [3.8, 4) is 0 Å². The molecule has 8 heteroatoms. The average molecular weight is 395 g/mol. The molecule has 1 spiro atoms. The van der Waals surface area contributed by atoms with Gasteiger partial charge in [-0.1, -0.05) is 0 Å². The SMILES string of the molecule is Cl.Cl.c1nc(N2CCCC2)sc1CN1CCC2(CC1)CNCCO2. The van der Waals surface area contributed by atoms with Crippen LogP contribution in [0.1, 0.15) is 30.6 Å². The van der Waals surface area contributed by atoms with E-state index < -0.39 is 0 Å². The summed E-state index contributed by atoms with van der Waals surface area (Å²) in [7, 11) is 0. The van der Waals surface area contributed by atoms with Gasteiger partial charge in [-0.15, -0.1) is 36.2 Å². The number of rotatable bonds is 3. The van der Waals surface area contributed by atoms with E-state index in [1.165, 1.54) is 35.9 Å². The molecular weight excluding hydrogens is 367 g/mol. The number of nitrogens with zero attached hydrogens (tertiary/aromatic N) is 3. The van der Waals surface area contributed by atoms with Gasteiger partial charge in [0.1, 0.15) is 0 Å². The summed E-state index contributed by atoms with van der Waals surface area (Å²) in [5.74, 6) is 0. The van der Waals surface area contributed by atoms with Crippen LogP contribution in [0.5, 0.6) is 0 Å². The van der Waals surface area contributed by atoms with E-state index in [9.17, 15) is 0 Å². The maximum Gasteiger partial charge on any atom is 0.185 e. The van der Waals surface area contributed by atoms with E-state index in [1.54, 1.807) is 0 Å². The summed E-state index contributed by atoms with van der Waals surface area (Å²) in [5.41, 5.74) is 0.114. The molecule has 1 aromatic heterocycles. The minimum Gasteiger partial charge on any atom is -0.372 e. The van der Waals surface area contributed by atoms with Crippen LogP contribution in [0.4, 0.5) is 5.13 Å². The second-order valence-corrected chi connectivity index (χ2v) is 7.88. The first-order valence-corrected chi connectivity index (χ1v) is 9.41. The third kappa shape index (κ3) is 4.54. The molecule has 0 saturated carbocycles. The van der Waals surface area contributed by atoms with Crippen molar-refractivity contribution in [1.29, 1.82) is 0 Å². The first-order valence-electron chi connectivity index (χ1n) is 8.60. The molecule has 24 heavy (non-hydrogen) atoms. The number of piperidine rings is 1. The van der Waals surface area contributed by atoms with E-state index in [1.807, 2.05) is 11.3 Å². The zero-order valence-electron chi connectivity index (χ0n) is 14.0. The highest BCUT2D eigenvalue weighted by molar-refractivity contribution is 7.15. The van der Waals surface area contributed by atoms with Gasteiger partial charge in [-0.2, -0.15) is 0 Å². The molecule has 0 bridgehead atoms. The summed E-state index contributed by atoms with van der Waals surface area (Å²) in [6.07, 6.45) is 7.02. The van der Waals surface area contributed by atoms with Gasteiger partial charge in [0, 0.05) is 56.9 Å². The number of halogens is 2. The second-order valence-electron chi connectivity index (χ2n) is 6.79. The highest BCUT2D eigenvalue weighted by atomic mass is 35.5. The van der Waals surface area contributed by atoms with E-state index in [0.29, 0.717) is 0 Å². The Balaban J connectivity index is 0.00000104. The van der Waals surface area contributed by atoms with Gasteiger partial charge in [0.05, 0.1) is 12.2 Å². The molecule has 3 saturated heterocycles.